The number of nitrogens with zero attached hydrogens (tertiary/aromatic N) is 4. The normalized spacial score (nSPS) is 11.2. The third kappa shape index (κ3) is 4.19. The van der Waals surface area contributed by atoms with E-state index in [2.05, 4.69) is 23.0 Å². The highest BCUT2D eigenvalue weighted by molar-refractivity contribution is 7.98. The first-order chi connectivity index (χ1) is 16.0. The summed E-state index contributed by atoms with van der Waals surface area (Å²) in [6.07, 6.45) is 3.37. The summed E-state index contributed by atoms with van der Waals surface area (Å²) in [5.74, 6) is 1.65. The van der Waals surface area contributed by atoms with Crippen molar-refractivity contribution >= 4 is 22.7 Å². The Morgan fingerprint density at radius 2 is 1.79 bits per heavy atom. The van der Waals surface area contributed by atoms with Gasteiger partial charge in [-0.25, -0.2) is 19.5 Å². The molecule has 0 N–H and O–H groups in total. The van der Waals surface area contributed by atoms with Gasteiger partial charge in [0, 0.05) is 17.5 Å². The van der Waals surface area contributed by atoms with Gasteiger partial charge in [0.25, 0.3) is 5.56 Å². The van der Waals surface area contributed by atoms with Crippen molar-refractivity contribution in [3.63, 3.8) is 0 Å². The molecule has 5 rings (SSSR count). The maximum atomic E-state index is 13.4. The SMILES string of the molecule is Cc1ccnc(-n2c(SCc3coc(-c4ccc(C)cc4C)n3)nc3ccccc3c2=O)c1. The molecule has 0 fully saturated rings. The molecule has 0 amide bonds. The van der Waals surface area contributed by atoms with E-state index in [1.54, 1.807) is 23.1 Å². The van der Waals surface area contributed by atoms with E-state index in [-0.39, 0.29) is 5.56 Å². The monoisotopic (exact) mass is 454 g/mol. The number of oxazole rings is 1. The summed E-state index contributed by atoms with van der Waals surface area (Å²) in [5, 5.41) is 1.12. The van der Waals surface area contributed by atoms with Crippen molar-refractivity contribution < 1.29 is 4.42 Å². The zero-order valence-electron chi connectivity index (χ0n) is 18.6. The van der Waals surface area contributed by atoms with E-state index >= 15 is 0 Å². The maximum absolute atomic E-state index is 13.4. The Kier molecular flexibility index (Phi) is 5.56. The third-order valence-corrected chi connectivity index (χ3v) is 6.36. The fourth-order valence-corrected chi connectivity index (χ4v) is 4.62. The van der Waals surface area contributed by atoms with E-state index in [1.165, 1.54) is 17.3 Å². The first-order valence-electron chi connectivity index (χ1n) is 10.6. The first-order valence-corrected chi connectivity index (χ1v) is 11.6. The van der Waals surface area contributed by atoms with Crippen LogP contribution in [0, 0.1) is 20.8 Å². The fourth-order valence-electron chi connectivity index (χ4n) is 3.74. The lowest BCUT2D eigenvalue weighted by Gasteiger charge is -2.12. The number of aryl methyl sites for hydroxylation is 3. The zero-order chi connectivity index (χ0) is 22.9. The van der Waals surface area contributed by atoms with Crippen molar-refractivity contribution in [1.82, 2.24) is 19.5 Å². The first kappa shape index (κ1) is 21.2. The highest BCUT2D eigenvalue weighted by atomic mass is 32.2. The quantitative estimate of drug-likeness (QED) is 0.252. The Bertz CT molecular complexity index is 1540. The summed E-state index contributed by atoms with van der Waals surface area (Å²) in [6, 6.07) is 17.3. The summed E-state index contributed by atoms with van der Waals surface area (Å²) in [5.41, 5.74) is 5.60. The van der Waals surface area contributed by atoms with Gasteiger partial charge >= 0.3 is 0 Å². The summed E-state index contributed by atoms with van der Waals surface area (Å²) in [4.78, 5) is 27.2. The van der Waals surface area contributed by atoms with Gasteiger partial charge in [0.05, 0.1) is 16.6 Å². The van der Waals surface area contributed by atoms with Gasteiger partial charge in [-0.1, -0.05) is 41.6 Å². The van der Waals surface area contributed by atoms with Crippen LogP contribution in [0.25, 0.3) is 28.2 Å². The van der Waals surface area contributed by atoms with Crippen molar-refractivity contribution in [1.29, 1.82) is 0 Å². The molecule has 7 heteroatoms. The molecule has 0 aliphatic carbocycles. The number of para-hydroxylation sites is 1. The molecule has 0 saturated carbocycles. The minimum Gasteiger partial charge on any atom is -0.444 e. The highest BCUT2D eigenvalue weighted by Crippen LogP contribution is 2.27. The van der Waals surface area contributed by atoms with Crippen LogP contribution in [0.1, 0.15) is 22.4 Å². The Hall–Kier alpha value is -3.71. The predicted molar refractivity (Wildman–Crippen MR) is 131 cm³/mol. The maximum Gasteiger partial charge on any atom is 0.267 e. The van der Waals surface area contributed by atoms with E-state index < -0.39 is 0 Å². The number of aromatic nitrogens is 4. The molecule has 0 radical (unpaired) electrons. The average molecular weight is 455 g/mol. The minimum atomic E-state index is -0.141. The molecule has 164 valence electrons. The van der Waals surface area contributed by atoms with E-state index in [9.17, 15) is 4.79 Å². The van der Waals surface area contributed by atoms with Gasteiger partial charge in [0.2, 0.25) is 5.89 Å². The van der Waals surface area contributed by atoms with Gasteiger partial charge in [0.1, 0.15) is 12.1 Å². The molecule has 3 heterocycles. The van der Waals surface area contributed by atoms with Gasteiger partial charge in [-0.3, -0.25) is 4.79 Å². The van der Waals surface area contributed by atoms with Gasteiger partial charge in [-0.2, -0.15) is 0 Å². The largest absolute Gasteiger partial charge is 0.444 e. The van der Waals surface area contributed by atoms with Crippen molar-refractivity contribution in [3.05, 3.63) is 99.8 Å². The number of fused-ring (bicyclic) bond motifs is 1. The van der Waals surface area contributed by atoms with Gasteiger partial charge < -0.3 is 4.42 Å². The summed E-state index contributed by atoms with van der Waals surface area (Å²) in [7, 11) is 0. The second-order valence-corrected chi connectivity index (χ2v) is 8.94. The summed E-state index contributed by atoms with van der Waals surface area (Å²) in [6.45, 7) is 6.09. The van der Waals surface area contributed by atoms with Gasteiger partial charge in [-0.15, -0.1) is 0 Å². The molecule has 33 heavy (non-hydrogen) atoms. The number of hydrogen-bond donors (Lipinski definition) is 0. The lowest BCUT2D eigenvalue weighted by Crippen LogP contribution is -2.22. The number of pyridine rings is 1. The van der Waals surface area contributed by atoms with Crippen molar-refractivity contribution in [2.24, 2.45) is 0 Å². The molecule has 0 bridgehead atoms. The average Bonchev–Trinajstić information content (AvgIpc) is 3.26. The molecular formula is C26H22N4O2S. The van der Waals surface area contributed by atoms with Crippen LogP contribution >= 0.6 is 11.8 Å². The Balaban J connectivity index is 1.51. The topological polar surface area (TPSA) is 73.8 Å². The van der Waals surface area contributed by atoms with Crippen LogP contribution in [0.2, 0.25) is 0 Å². The second-order valence-electron chi connectivity index (χ2n) is 7.99. The Morgan fingerprint density at radius 1 is 0.970 bits per heavy atom. The lowest BCUT2D eigenvalue weighted by molar-refractivity contribution is 0.573. The molecule has 0 atom stereocenters. The molecule has 5 aromatic rings. The van der Waals surface area contributed by atoms with Crippen LogP contribution in [0.15, 0.2) is 81.4 Å². The van der Waals surface area contributed by atoms with Crippen LogP contribution in [-0.4, -0.2) is 19.5 Å². The smallest absolute Gasteiger partial charge is 0.267 e. The third-order valence-electron chi connectivity index (χ3n) is 5.39. The predicted octanol–water partition coefficient (Wildman–Crippen LogP) is 5.65. The van der Waals surface area contributed by atoms with Crippen molar-refractivity contribution in [2.75, 3.05) is 0 Å². The van der Waals surface area contributed by atoms with Crippen molar-refractivity contribution in [2.45, 2.75) is 31.7 Å². The number of hydrogen-bond acceptors (Lipinski definition) is 6. The molecule has 0 unspecified atom stereocenters. The molecular weight excluding hydrogens is 432 g/mol. The summed E-state index contributed by atoms with van der Waals surface area (Å²) < 4.78 is 7.33. The van der Waals surface area contributed by atoms with Gasteiger partial charge in [-0.05, 0) is 62.2 Å². The lowest BCUT2D eigenvalue weighted by atomic mass is 10.1. The molecule has 0 saturated heterocycles. The van der Waals surface area contributed by atoms with E-state index in [1.807, 2.05) is 56.3 Å². The standard InChI is InChI=1S/C26H22N4O2S/c1-16-8-9-20(18(3)12-16)24-28-19(14-32-24)15-33-26-29-22-7-5-4-6-21(22)25(31)30(26)23-13-17(2)10-11-27-23/h4-14H,15H2,1-3H3. The molecule has 2 aromatic carbocycles. The van der Waals surface area contributed by atoms with Crippen LogP contribution in [0.4, 0.5) is 0 Å². The minimum absolute atomic E-state index is 0.141. The van der Waals surface area contributed by atoms with Crippen LogP contribution < -0.4 is 5.56 Å². The second kappa shape index (κ2) is 8.67. The number of rotatable bonds is 5. The molecule has 0 spiro atoms. The van der Waals surface area contributed by atoms with Crippen LogP contribution in [-0.2, 0) is 5.75 Å². The van der Waals surface area contributed by atoms with Crippen LogP contribution in [0.5, 0.6) is 0 Å². The summed E-state index contributed by atoms with van der Waals surface area (Å²) >= 11 is 1.43. The fraction of sp³-hybridized carbons (Fsp3) is 0.154. The zero-order valence-corrected chi connectivity index (χ0v) is 19.4. The Labute approximate surface area is 195 Å². The molecule has 6 nitrogen and oxygen atoms in total. The number of thioether (sulfide) groups is 1. The van der Waals surface area contributed by atoms with Crippen molar-refractivity contribution in [3.8, 4) is 17.3 Å². The van der Waals surface area contributed by atoms with E-state index in [0.29, 0.717) is 33.5 Å². The van der Waals surface area contributed by atoms with Crippen LogP contribution in [0.3, 0.4) is 0 Å². The van der Waals surface area contributed by atoms with Gasteiger partial charge in [0.15, 0.2) is 5.16 Å². The van der Waals surface area contributed by atoms with E-state index in [0.717, 1.165) is 22.4 Å². The number of benzene rings is 2. The highest BCUT2D eigenvalue weighted by Gasteiger charge is 2.16. The molecule has 3 aromatic heterocycles. The molecule has 0 aliphatic rings. The Morgan fingerprint density at radius 3 is 2.61 bits per heavy atom. The van der Waals surface area contributed by atoms with E-state index in [4.69, 9.17) is 9.40 Å². The molecule has 0 aliphatic heterocycles.